The van der Waals surface area contributed by atoms with Crippen LogP contribution in [0.2, 0.25) is 0 Å². The number of carbonyl (C=O) groups is 1. The second-order valence-corrected chi connectivity index (χ2v) is 4.92. The highest BCUT2D eigenvalue weighted by Crippen LogP contribution is 2.17. The summed E-state index contributed by atoms with van der Waals surface area (Å²) in [4.78, 5) is 14.4. The molecule has 1 aliphatic heterocycles. The van der Waals surface area contributed by atoms with E-state index in [4.69, 9.17) is 0 Å². The summed E-state index contributed by atoms with van der Waals surface area (Å²) in [5.41, 5.74) is 2.03. The summed E-state index contributed by atoms with van der Waals surface area (Å²) in [5.74, 6) is 0.0211. The van der Waals surface area contributed by atoms with Crippen molar-refractivity contribution in [3.05, 3.63) is 24.3 Å². The number of carbonyl (C=O) groups excluding carboxylic acids is 1. The first-order valence-electron chi connectivity index (χ1n) is 7.34. The van der Waals surface area contributed by atoms with E-state index >= 15 is 0 Å². The first kappa shape index (κ1) is 14.8. The van der Waals surface area contributed by atoms with Crippen LogP contribution in [-0.4, -0.2) is 44.7 Å². The second kappa shape index (κ2) is 7.26. The van der Waals surface area contributed by atoms with Crippen LogP contribution in [0, 0.1) is 0 Å². The summed E-state index contributed by atoms with van der Waals surface area (Å²) >= 11 is 0. The van der Waals surface area contributed by atoms with Crippen LogP contribution in [0.25, 0.3) is 0 Å². The number of rotatable bonds is 5. The number of anilines is 2. The minimum absolute atomic E-state index is 0.0211. The predicted octanol–water partition coefficient (Wildman–Crippen LogP) is 1.03. The monoisotopic (exact) mass is 276 g/mol. The third-order valence-electron chi connectivity index (χ3n) is 3.62. The molecule has 0 aromatic heterocycles. The molecule has 1 aliphatic rings. The molecule has 0 aliphatic carbocycles. The number of amides is 1. The molecule has 2 rings (SSSR count). The van der Waals surface area contributed by atoms with Crippen LogP contribution in [-0.2, 0) is 4.79 Å². The third-order valence-corrected chi connectivity index (χ3v) is 3.62. The first-order chi connectivity index (χ1) is 9.74. The fourth-order valence-corrected chi connectivity index (χ4v) is 2.41. The lowest BCUT2D eigenvalue weighted by Gasteiger charge is -2.24. The molecule has 1 amide bonds. The van der Waals surface area contributed by atoms with Gasteiger partial charge in [0.1, 0.15) is 0 Å². The Bertz CT molecular complexity index is 422. The summed E-state index contributed by atoms with van der Waals surface area (Å²) in [7, 11) is 0. The average molecular weight is 276 g/mol. The van der Waals surface area contributed by atoms with Gasteiger partial charge < -0.3 is 20.9 Å². The van der Waals surface area contributed by atoms with Crippen LogP contribution < -0.4 is 20.9 Å². The lowest BCUT2D eigenvalue weighted by atomic mass is 10.2. The van der Waals surface area contributed by atoms with Crippen molar-refractivity contribution in [2.75, 3.05) is 42.9 Å². The summed E-state index contributed by atoms with van der Waals surface area (Å²) in [6, 6.07) is 7.87. The van der Waals surface area contributed by atoms with Gasteiger partial charge in [-0.25, -0.2) is 0 Å². The Labute approximate surface area is 120 Å². The van der Waals surface area contributed by atoms with Crippen molar-refractivity contribution in [2.45, 2.75) is 19.9 Å². The number of nitrogens with one attached hydrogen (secondary N) is 3. The zero-order chi connectivity index (χ0) is 14.4. The van der Waals surface area contributed by atoms with Gasteiger partial charge in [-0.15, -0.1) is 0 Å². The Morgan fingerprint density at radius 3 is 2.50 bits per heavy atom. The maximum absolute atomic E-state index is 12.1. The zero-order valence-electron chi connectivity index (χ0n) is 12.3. The van der Waals surface area contributed by atoms with Gasteiger partial charge >= 0.3 is 0 Å². The van der Waals surface area contributed by atoms with Crippen LogP contribution in [0.5, 0.6) is 0 Å². The third kappa shape index (κ3) is 3.71. The molecule has 20 heavy (non-hydrogen) atoms. The van der Waals surface area contributed by atoms with Crippen molar-refractivity contribution in [1.82, 2.24) is 10.6 Å². The van der Waals surface area contributed by atoms with Crippen LogP contribution in [0.3, 0.4) is 0 Å². The molecule has 3 N–H and O–H groups in total. The lowest BCUT2D eigenvalue weighted by Crippen LogP contribution is -2.54. The highest BCUT2D eigenvalue weighted by Gasteiger charge is 2.20. The summed E-state index contributed by atoms with van der Waals surface area (Å²) < 4.78 is 0. The smallest absolute Gasteiger partial charge is 0.242 e. The van der Waals surface area contributed by atoms with Gasteiger partial charge in [-0.05, 0) is 38.1 Å². The number of benzene rings is 1. The minimum atomic E-state index is -0.147. The van der Waals surface area contributed by atoms with E-state index in [2.05, 4.69) is 46.8 Å². The Balaban J connectivity index is 1.94. The van der Waals surface area contributed by atoms with Crippen molar-refractivity contribution in [2.24, 2.45) is 0 Å². The van der Waals surface area contributed by atoms with Crippen molar-refractivity contribution < 1.29 is 4.79 Å². The van der Waals surface area contributed by atoms with E-state index in [1.54, 1.807) is 0 Å². The van der Waals surface area contributed by atoms with Gasteiger partial charge in [0.05, 0.1) is 6.04 Å². The maximum Gasteiger partial charge on any atom is 0.242 e. The summed E-state index contributed by atoms with van der Waals surface area (Å²) in [6.07, 6.45) is 0. The molecular weight excluding hydrogens is 252 g/mol. The Morgan fingerprint density at radius 2 is 1.95 bits per heavy atom. The van der Waals surface area contributed by atoms with Gasteiger partial charge in [-0.1, -0.05) is 0 Å². The Kier molecular flexibility index (Phi) is 5.38. The molecule has 1 atom stereocenters. The largest absolute Gasteiger partial charge is 0.372 e. The van der Waals surface area contributed by atoms with Gasteiger partial charge in [0, 0.05) is 44.1 Å². The van der Waals surface area contributed by atoms with Crippen LogP contribution in [0.4, 0.5) is 11.4 Å². The molecule has 5 heteroatoms. The molecule has 1 saturated heterocycles. The van der Waals surface area contributed by atoms with Gasteiger partial charge in [0.2, 0.25) is 5.91 Å². The van der Waals surface area contributed by atoms with E-state index in [0.29, 0.717) is 6.54 Å². The van der Waals surface area contributed by atoms with Crippen molar-refractivity contribution >= 4 is 17.3 Å². The van der Waals surface area contributed by atoms with E-state index < -0.39 is 0 Å². The van der Waals surface area contributed by atoms with E-state index in [0.717, 1.165) is 31.9 Å². The molecule has 1 heterocycles. The van der Waals surface area contributed by atoms with E-state index in [1.807, 2.05) is 12.1 Å². The molecule has 1 fully saturated rings. The second-order valence-electron chi connectivity index (χ2n) is 4.92. The van der Waals surface area contributed by atoms with Crippen LogP contribution in [0.1, 0.15) is 13.8 Å². The normalized spacial score (nSPS) is 18.6. The van der Waals surface area contributed by atoms with Crippen LogP contribution >= 0.6 is 0 Å². The standard InChI is InChI=1S/C15H24N4O/c1-3-19(4-2)13-7-5-12(6-8-13)18-15(20)14-11-16-9-10-17-14/h5-8,14,16-17H,3-4,9-11H2,1-2H3,(H,18,20). The summed E-state index contributed by atoms with van der Waals surface area (Å²) in [5, 5.41) is 9.37. The van der Waals surface area contributed by atoms with Crippen molar-refractivity contribution in [3.8, 4) is 0 Å². The molecule has 110 valence electrons. The molecule has 0 saturated carbocycles. The van der Waals surface area contributed by atoms with Crippen molar-refractivity contribution in [1.29, 1.82) is 0 Å². The number of piperazine rings is 1. The fraction of sp³-hybridized carbons (Fsp3) is 0.533. The topological polar surface area (TPSA) is 56.4 Å². The van der Waals surface area contributed by atoms with Crippen molar-refractivity contribution in [3.63, 3.8) is 0 Å². The average Bonchev–Trinajstić information content (AvgIpc) is 2.51. The molecule has 1 unspecified atom stereocenters. The van der Waals surface area contributed by atoms with Gasteiger partial charge in [0.25, 0.3) is 0 Å². The molecule has 0 spiro atoms. The summed E-state index contributed by atoms with van der Waals surface area (Å²) in [6.45, 7) is 8.69. The van der Waals surface area contributed by atoms with Gasteiger partial charge in [-0.3, -0.25) is 4.79 Å². The minimum Gasteiger partial charge on any atom is -0.372 e. The molecule has 1 aromatic rings. The van der Waals surface area contributed by atoms with Crippen LogP contribution in [0.15, 0.2) is 24.3 Å². The molecule has 5 nitrogen and oxygen atoms in total. The highest BCUT2D eigenvalue weighted by molar-refractivity contribution is 5.95. The fourth-order valence-electron chi connectivity index (χ4n) is 2.41. The quantitative estimate of drug-likeness (QED) is 0.752. The number of hydrogen-bond donors (Lipinski definition) is 3. The molecule has 1 aromatic carbocycles. The molecule has 0 bridgehead atoms. The van der Waals surface area contributed by atoms with Gasteiger partial charge in [0.15, 0.2) is 0 Å². The maximum atomic E-state index is 12.1. The first-order valence-corrected chi connectivity index (χ1v) is 7.34. The molecular formula is C15H24N4O. The molecule has 0 radical (unpaired) electrons. The lowest BCUT2D eigenvalue weighted by molar-refractivity contribution is -0.118. The van der Waals surface area contributed by atoms with E-state index in [9.17, 15) is 4.79 Å². The number of nitrogens with zero attached hydrogens (tertiary/aromatic N) is 1. The number of hydrogen-bond acceptors (Lipinski definition) is 4. The van der Waals surface area contributed by atoms with E-state index in [1.165, 1.54) is 5.69 Å². The SMILES string of the molecule is CCN(CC)c1ccc(NC(=O)C2CNCCN2)cc1. The zero-order valence-corrected chi connectivity index (χ0v) is 12.3. The highest BCUT2D eigenvalue weighted by atomic mass is 16.2. The van der Waals surface area contributed by atoms with Gasteiger partial charge in [-0.2, -0.15) is 0 Å². The van der Waals surface area contributed by atoms with E-state index in [-0.39, 0.29) is 11.9 Å². The Hall–Kier alpha value is -1.59. The Morgan fingerprint density at radius 1 is 1.25 bits per heavy atom. The predicted molar refractivity (Wildman–Crippen MR) is 83.3 cm³/mol.